The molecule has 1 atom stereocenters. The summed E-state index contributed by atoms with van der Waals surface area (Å²) in [5, 5.41) is 11.2. The van der Waals surface area contributed by atoms with E-state index in [0.717, 1.165) is 4.47 Å². The average Bonchev–Trinajstić information content (AvgIpc) is 3.16. The largest absolute Gasteiger partial charge is 0.507 e. The summed E-state index contributed by atoms with van der Waals surface area (Å²) < 4.78 is 20.4. The number of amides is 1. The number of carbonyl (C=O) groups excluding carboxylic acids is 2. The van der Waals surface area contributed by atoms with Gasteiger partial charge < -0.3 is 9.84 Å². The number of benzene rings is 4. The third-order valence-electron chi connectivity index (χ3n) is 5.82. The van der Waals surface area contributed by atoms with Crippen LogP contribution in [-0.2, 0) is 9.59 Å². The first-order valence-corrected chi connectivity index (χ1v) is 11.9. The molecule has 178 valence electrons. The van der Waals surface area contributed by atoms with E-state index in [1.165, 1.54) is 29.2 Å². The Hall–Kier alpha value is -4.23. The molecule has 1 aliphatic heterocycles. The zero-order chi connectivity index (χ0) is 25.2. The number of carbonyl (C=O) groups is 2. The SMILES string of the molecule is O=C1C(=O)N(c2ccc(F)cc2)C(c2cccc(Oc3ccccc3)c2)/C1=C(/O)c1ccc(Br)cc1. The maximum Gasteiger partial charge on any atom is 0.300 e. The van der Waals surface area contributed by atoms with Gasteiger partial charge in [0.05, 0.1) is 11.6 Å². The predicted molar refractivity (Wildman–Crippen MR) is 138 cm³/mol. The first-order valence-electron chi connectivity index (χ1n) is 11.1. The summed E-state index contributed by atoms with van der Waals surface area (Å²) in [6.45, 7) is 0. The number of Topliss-reactive ketones (excluding diaryl/α,β-unsaturated/α-hetero) is 1. The average molecular weight is 544 g/mol. The Morgan fingerprint density at radius 2 is 1.50 bits per heavy atom. The number of anilines is 1. The van der Waals surface area contributed by atoms with Crippen LogP contribution in [0.3, 0.4) is 0 Å². The second-order valence-electron chi connectivity index (χ2n) is 8.14. The highest BCUT2D eigenvalue weighted by Gasteiger charge is 2.47. The van der Waals surface area contributed by atoms with Crippen molar-refractivity contribution < 1.29 is 23.8 Å². The van der Waals surface area contributed by atoms with Crippen molar-refractivity contribution in [1.29, 1.82) is 0 Å². The minimum atomic E-state index is -0.960. The number of halogens is 2. The predicted octanol–water partition coefficient (Wildman–Crippen LogP) is 7.01. The third-order valence-corrected chi connectivity index (χ3v) is 6.35. The zero-order valence-electron chi connectivity index (χ0n) is 18.8. The molecule has 0 bridgehead atoms. The molecule has 1 aliphatic rings. The van der Waals surface area contributed by atoms with Gasteiger partial charge in [-0.05, 0) is 66.2 Å². The van der Waals surface area contributed by atoms with Gasteiger partial charge in [-0.15, -0.1) is 0 Å². The quantitative estimate of drug-likeness (QED) is 0.167. The molecule has 0 saturated carbocycles. The number of para-hydroxylation sites is 1. The molecule has 0 aromatic heterocycles. The Kier molecular flexibility index (Phi) is 6.40. The van der Waals surface area contributed by atoms with Gasteiger partial charge >= 0.3 is 0 Å². The summed E-state index contributed by atoms with van der Waals surface area (Å²) in [5.41, 5.74) is 1.19. The lowest BCUT2D eigenvalue weighted by Crippen LogP contribution is -2.29. The molecule has 1 saturated heterocycles. The van der Waals surface area contributed by atoms with E-state index in [1.807, 2.05) is 30.3 Å². The molecular weight excluding hydrogens is 525 g/mol. The van der Waals surface area contributed by atoms with Crippen LogP contribution in [0.1, 0.15) is 17.2 Å². The first kappa shape index (κ1) is 23.5. The van der Waals surface area contributed by atoms with Crippen molar-refractivity contribution in [3.05, 3.63) is 130 Å². The van der Waals surface area contributed by atoms with Gasteiger partial charge in [-0.3, -0.25) is 14.5 Å². The molecule has 1 fully saturated rings. The van der Waals surface area contributed by atoms with E-state index in [2.05, 4.69) is 15.9 Å². The van der Waals surface area contributed by atoms with Crippen molar-refractivity contribution in [2.45, 2.75) is 6.04 Å². The standard InChI is InChI=1S/C29H19BrFNO4/c30-20-11-9-18(10-12-20)27(33)25-26(32(29(35)28(25)34)22-15-13-21(31)14-16-22)19-5-4-8-24(17-19)36-23-6-2-1-3-7-23/h1-17,26,33H/b27-25-. The minimum Gasteiger partial charge on any atom is -0.507 e. The number of rotatable bonds is 5. The fourth-order valence-electron chi connectivity index (χ4n) is 4.15. The van der Waals surface area contributed by atoms with E-state index < -0.39 is 23.5 Å². The number of aliphatic hydroxyl groups excluding tert-OH is 1. The van der Waals surface area contributed by atoms with Crippen LogP contribution in [0, 0.1) is 5.82 Å². The van der Waals surface area contributed by atoms with Gasteiger partial charge in [-0.25, -0.2) is 4.39 Å². The number of nitrogens with zero attached hydrogens (tertiary/aromatic N) is 1. The molecule has 4 aromatic rings. The molecule has 1 N–H and O–H groups in total. The van der Waals surface area contributed by atoms with E-state index >= 15 is 0 Å². The lowest BCUT2D eigenvalue weighted by atomic mass is 9.95. The van der Waals surface area contributed by atoms with Crippen LogP contribution in [0.15, 0.2) is 113 Å². The topological polar surface area (TPSA) is 66.8 Å². The number of aliphatic hydroxyl groups is 1. The normalized spacial score (nSPS) is 16.8. The molecule has 36 heavy (non-hydrogen) atoms. The van der Waals surface area contributed by atoms with Gasteiger partial charge in [0.2, 0.25) is 0 Å². The summed E-state index contributed by atoms with van der Waals surface area (Å²) in [4.78, 5) is 27.8. The van der Waals surface area contributed by atoms with E-state index in [9.17, 15) is 19.1 Å². The molecule has 0 spiro atoms. The highest BCUT2D eigenvalue weighted by atomic mass is 79.9. The van der Waals surface area contributed by atoms with Crippen molar-refractivity contribution in [2.24, 2.45) is 0 Å². The molecule has 1 amide bonds. The van der Waals surface area contributed by atoms with Gasteiger partial charge in [0.25, 0.3) is 11.7 Å². The van der Waals surface area contributed by atoms with Gasteiger partial charge in [-0.2, -0.15) is 0 Å². The van der Waals surface area contributed by atoms with Crippen LogP contribution >= 0.6 is 15.9 Å². The fraction of sp³-hybridized carbons (Fsp3) is 0.0345. The van der Waals surface area contributed by atoms with Crippen LogP contribution in [0.2, 0.25) is 0 Å². The molecular formula is C29H19BrFNO4. The van der Waals surface area contributed by atoms with Crippen molar-refractivity contribution in [3.63, 3.8) is 0 Å². The Bertz CT molecular complexity index is 1470. The molecule has 4 aromatic carbocycles. The van der Waals surface area contributed by atoms with Gasteiger partial charge in [0, 0.05) is 15.7 Å². The van der Waals surface area contributed by atoms with Crippen LogP contribution in [0.25, 0.3) is 5.76 Å². The summed E-state index contributed by atoms with van der Waals surface area (Å²) in [6.07, 6.45) is 0. The Morgan fingerprint density at radius 1 is 0.833 bits per heavy atom. The summed E-state index contributed by atoms with van der Waals surface area (Å²) >= 11 is 3.36. The maximum absolute atomic E-state index is 13.6. The smallest absolute Gasteiger partial charge is 0.300 e. The summed E-state index contributed by atoms with van der Waals surface area (Å²) in [7, 11) is 0. The van der Waals surface area contributed by atoms with Crippen molar-refractivity contribution >= 4 is 39.1 Å². The molecule has 5 nitrogen and oxygen atoms in total. The lowest BCUT2D eigenvalue weighted by molar-refractivity contribution is -0.132. The maximum atomic E-state index is 13.6. The molecule has 5 rings (SSSR count). The van der Waals surface area contributed by atoms with Crippen LogP contribution in [0.5, 0.6) is 11.5 Å². The third kappa shape index (κ3) is 4.53. The van der Waals surface area contributed by atoms with E-state index in [4.69, 9.17) is 4.74 Å². The van der Waals surface area contributed by atoms with Crippen molar-refractivity contribution in [3.8, 4) is 11.5 Å². The Balaban J connectivity index is 1.66. The van der Waals surface area contributed by atoms with Crippen LogP contribution < -0.4 is 9.64 Å². The monoisotopic (exact) mass is 543 g/mol. The zero-order valence-corrected chi connectivity index (χ0v) is 20.4. The molecule has 0 aliphatic carbocycles. The number of hydrogen-bond acceptors (Lipinski definition) is 4. The Labute approximate surface area is 215 Å². The highest BCUT2D eigenvalue weighted by Crippen LogP contribution is 2.43. The highest BCUT2D eigenvalue weighted by molar-refractivity contribution is 9.10. The second kappa shape index (κ2) is 9.79. The Morgan fingerprint density at radius 3 is 2.19 bits per heavy atom. The van der Waals surface area contributed by atoms with E-state index in [0.29, 0.717) is 28.3 Å². The summed E-state index contributed by atoms with van der Waals surface area (Å²) in [5.74, 6) is -1.31. The lowest BCUT2D eigenvalue weighted by Gasteiger charge is -2.25. The minimum absolute atomic E-state index is 0.0662. The van der Waals surface area contributed by atoms with E-state index in [1.54, 1.807) is 48.5 Å². The number of ether oxygens (including phenoxy) is 1. The number of hydrogen-bond donors (Lipinski definition) is 1. The van der Waals surface area contributed by atoms with Crippen molar-refractivity contribution in [1.82, 2.24) is 0 Å². The molecule has 1 unspecified atom stereocenters. The summed E-state index contributed by atoms with van der Waals surface area (Å²) in [6, 6.07) is 27.3. The molecule has 7 heteroatoms. The second-order valence-corrected chi connectivity index (χ2v) is 9.06. The van der Waals surface area contributed by atoms with Crippen LogP contribution in [-0.4, -0.2) is 16.8 Å². The first-order chi connectivity index (χ1) is 17.4. The molecule has 0 radical (unpaired) electrons. The molecule has 1 heterocycles. The number of ketones is 1. The van der Waals surface area contributed by atoms with Gasteiger partial charge in [0.1, 0.15) is 23.1 Å². The van der Waals surface area contributed by atoms with Crippen molar-refractivity contribution in [2.75, 3.05) is 4.90 Å². The van der Waals surface area contributed by atoms with E-state index in [-0.39, 0.29) is 11.3 Å². The van der Waals surface area contributed by atoms with Crippen LogP contribution in [0.4, 0.5) is 10.1 Å². The van der Waals surface area contributed by atoms with Gasteiger partial charge in [-0.1, -0.05) is 58.4 Å². The fourth-order valence-corrected chi connectivity index (χ4v) is 4.42. The van der Waals surface area contributed by atoms with Gasteiger partial charge in [0.15, 0.2) is 0 Å².